The van der Waals surface area contributed by atoms with Gasteiger partial charge in [-0.15, -0.1) is 0 Å². The normalized spacial score (nSPS) is 14.5. The molecule has 0 unspecified atom stereocenters. The van der Waals surface area contributed by atoms with Crippen molar-refractivity contribution in [1.29, 1.82) is 5.41 Å². The lowest BCUT2D eigenvalue weighted by atomic mass is 10.1. The van der Waals surface area contributed by atoms with Crippen LogP contribution in [-0.4, -0.2) is 33.4 Å². The van der Waals surface area contributed by atoms with Crippen LogP contribution in [0.1, 0.15) is 45.0 Å². The summed E-state index contributed by atoms with van der Waals surface area (Å²) in [5.74, 6) is 0. The van der Waals surface area contributed by atoms with Gasteiger partial charge in [0.25, 0.3) is 0 Å². The van der Waals surface area contributed by atoms with E-state index < -0.39 is 17.7 Å². The van der Waals surface area contributed by atoms with E-state index in [0.717, 1.165) is 0 Å². The molecule has 1 aromatic rings. The van der Waals surface area contributed by atoms with Crippen LogP contribution in [0.4, 0.5) is 10.1 Å². The highest BCUT2D eigenvalue weighted by atomic mass is 32.2. The van der Waals surface area contributed by atoms with Crippen LogP contribution in [0.5, 0.6) is 0 Å². The third-order valence-electron chi connectivity index (χ3n) is 2.81. The first-order valence-electron chi connectivity index (χ1n) is 6.78. The number of hydrogen-bond acceptors (Lipinski definition) is 4. The van der Waals surface area contributed by atoms with Crippen LogP contribution in [0.25, 0.3) is 0 Å². The minimum absolute atomic E-state index is 0.184. The molecule has 1 rings (SSSR count). The van der Waals surface area contributed by atoms with Crippen molar-refractivity contribution in [2.24, 2.45) is 0 Å². The first-order chi connectivity index (χ1) is 9.79. The van der Waals surface area contributed by atoms with E-state index in [1.807, 2.05) is 27.7 Å². The summed E-state index contributed by atoms with van der Waals surface area (Å²) in [4.78, 5) is 4.29. The summed E-state index contributed by atoms with van der Waals surface area (Å²) in [6.45, 7) is 7.25. The fourth-order valence-electron chi connectivity index (χ4n) is 1.57. The Hall–Kier alpha value is -1.34. The summed E-state index contributed by atoms with van der Waals surface area (Å²) in [6.07, 6.45) is 2.77. The number of nitrogens with zero attached hydrogens (tertiary/aromatic N) is 1. The van der Waals surface area contributed by atoms with Gasteiger partial charge in [-0.2, -0.15) is 0 Å². The third kappa shape index (κ3) is 5.17. The highest BCUT2D eigenvalue weighted by molar-refractivity contribution is 7.84. The van der Waals surface area contributed by atoms with E-state index in [-0.39, 0.29) is 17.3 Å². The number of aromatic nitrogens is 1. The molecule has 0 saturated heterocycles. The summed E-state index contributed by atoms with van der Waals surface area (Å²) >= 11 is 0. The summed E-state index contributed by atoms with van der Waals surface area (Å²) in [5, 5.41) is 10.3. The van der Waals surface area contributed by atoms with E-state index in [9.17, 15) is 8.60 Å². The molecule has 1 aromatic heterocycles. The maximum atomic E-state index is 12.2. The summed E-state index contributed by atoms with van der Waals surface area (Å²) in [6, 6.07) is 1.53. The molecule has 118 valence electrons. The lowest BCUT2D eigenvalue weighted by Crippen LogP contribution is -2.35. The molecular formula is C14H23FN4OS. The van der Waals surface area contributed by atoms with Gasteiger partial charge in [-0.3, -0.25) is 4.98 Å². The fraction of sp³-hybridized carbons (Fsp3) is 0.571. The van der Waals surface area contributed by atoms with Crippen LogP contribution in [0.3, 0.4) is 0 Å². The number of alkyl halides is 1. The molecule has 0 spiro atoms. The first kappa shape index (κ1) is 17.7. The van der Waals surface area contributed by atoms with Crippen molar-refractivity contribution < 1.29 is 8.60 Å². The molecular weight excluding hydrogens is 291 g/mol. The van der Waals surface area contributed by atoms with Crippen LogP contribution in [0.15, 0.2) is 12.3 Å². The van der Waals surface area contributed by atoms with Crippen molar-refractivity contribution in [2.75, 3.05) is 18.5 Å². The molecule has 5 nitrogen and oxygen atoms in total. The van der Waals surface area contributed by atoms with Gasteiger partial charge in [0, 0.05) is 18.3 Å². The molecule has 0 saturated carbocycles. The minimum Gasteiger partial charge on any atom is -0.381 e. The lowest BCUT2D eigenvalue weighted by Gasteiger charge is -2.22. The van der Waals surface area contributed by atoms with Gasteiger partial charge in [0.15, 0.2) is 0 Å². The van der Waals surface area contributed by atoms with Gasteiger partial charge < -0.3 is 10.7 Å². The van der Waals surface area contributed by atoms with Crippen molar-refractivity contribution in [3.8, 4) is 0 Å². The Bertz CT molecular complexity index is 516. The summed E-state index contributed by atoms with van der Waals surface area (Å²) in [5.41, 5.74) is 1.94. The quantitative estimate of drug-likeness (QED) is 0.677. The predicted molar refractivity (Wildman–Crippen MR) is 86.0 cm³/mol. The highest BCUT2D eigenvalue weighted by Crippen LogP contribution is 2.19. The lowest BCUT2D eigenvalue weighted by molar-refractivity contribution is 0.512. The zero-order chi connectivity index (χ0) is 16.0. The highest BCUT2D eigenvalue weighted by Gasteiger charge is 2.22. The molecule has 0 amide bonds. The summed E-state index contributed by atoms with van der Waals surface area (Å²) < 4.78 is 26.9. The predicted octanol–water partition coefficient (Wildman–Crippen LogP) is 2.57. The Kier molecular flexibility index (Phi) is 6.42. The van der Waals surface area contributed by atoms with E-state index in [1.165, 1.54) is 6.21 Å². The minimum atomic E-state index is -1.20. The maximum absolute atomic E-state index is 12.2. The molecule has 0 bridgehead atoms. The molecule has 0 aliphatic carbocycles. The second-order valence-electron chi connectivity index (χ2n) is 5.68. The smallest absolute Gasteiger partial charge is 0.107 e. The van der Waals surface area contributed by atoms with Gasteiger partial charge in [0.1, 0.15) is 6.67 Å². The van der Waals surface area contributed by atoms with E-state index in [2.05, 4.69) is 15.0 Å². The number of anilines is 1. The number of nitrogens with one attached hydrogen (secondary N) is 3. The summed E-state index contributed by atoms with van der Waals surface area (Å²) in [7, 11) is -1.20. The molecule has 3 N–H and O–H groups in total. The Morgan fingerprint density at radius 2 is 2.19 bits per heavy atom. The number of rotatable bonds is 7. The average Bonchev–Trinajstić information content (AvgIpc) is 2.43. The van der Waals surface area contributed by atoms with Crippen molar-refractivity contribution in [2.45, 2.75) is 38.5 Å². The fourth-order valence-corrected chi connectivity index (χ4v) is 2.37. The standard InChI is InChI=1S/C14H23FN4OS/c1-10(19-21(20)14(2,3)4)12-7-11(8-16)13(9-18-12)17-6-5-15/h7-10,16-17,19H,5-6H2,1-4H3/t10-,21-/m1/s1. The third-order valence-corrected chi connectivity index (χ3v) is 4.49. The van der Waals surface area contributed by atoms with E-state index in [4.69, 9.17) is 5.41 Å². The van der Waals surface area contributed by atoms with Crippen LogP contribution >= 0.6 is 0 Å². The monoisotopic (exact) mass is 314 g/mol. The van der Waals surface area contributed by atoms with Gasteiger partial charge in [0.2, 0.25) is 0 Å². The molecule has 21 heavy (non-hydrogen) atoms. The first-order valence-corrected chi connectivity index (χ1v) is 7.93. The Morgan fingerprint density at radius 1 is 1.52 bits per heavy atom. The molecule has 0 radical (unpaired) electrons. The van der Waals surface area contributed by atoms with Crippen molar-refractivity contribution in [3.05, 3.63) is 23.5 Å². The number of hydrogen-bond donors (Lipinski definition) is 3. The zero-order valence-electron chi connectivity index (χ0n) is 12.9. The largest absolute Gasteiger partial charge is 0.381 e. The van der Waals surface area contributed by atoms with Crippen molar-refractivity contribution in [1.82, 2.24) is 9.71 Å². The topological polar surface area (TPSA) is 77.9 Å². The van der Waals surface area contributed by atoms with E-state index >= 15 is 0 Å². The number of halogens is 1. The molecule has 1 heterocycles. The average molecular weight is 314 g/mol. The van der Waals surface area contributed by atoms with Crippen molar-refractivity contribution >= 4 is 22.9 Å². The van der Waals surface area contributed by atoms with Crippen LogP contribution in [-0.2, 0) is 11.0 Å². The molecule has 0 aliphatic heterocycles. The second kappa shape index (κ2) is 7.61. The maximum Gasteiger partial charge on any atom is 0.107 e. The van der Waals surface area contributed by atoms with Gasteiger partial charge in [-0.05, 0) is 33.8 Å². The van der Waals surface area contributed by atoms with Crippen LogP contribution < -0.4 is 10.0 Å². The Balaban J connectivity index is 2.88. The molecule has 0 aliphatic rings. The molecule has 0 fully saturated rings. The van der Waals surface area contributed by atoms with Gasteiger partial charge in [-0.1, -0.05) is 0 Å². The Morgan fingerprint density at radius 3 is 2.71 bits per heavy atom. The van der Waals surface area contributed by atoms with Crippen LogP contribution in [0.2, 0.25) is 0 Å². The second-order valence-corrected chi connectivity index (χ2v) is 7.68. The zero-order valence-corrected chi connectivity index (χ0v) is 13.7. The van der Waals surface area contributed by atoms with Gasteiger partial charge in [-0.25, -0.2) is 13.3 Å². The van der Waals surface area contributed by atoms with Gasteiger partial charge >= 0.3 is 0 Å². The van der Waals surface area contributed by atoms with E-state index in [1.54, 1.807) is 12.3 Å². The molecule has 0 aromatic carbocycles. The van der Waals surface area contributed by atoms with E-state index in [0.29, 0.717) is 16.9 Å². The number of pyridine rings is 1. The van der Waals surface area contributed by atoms with Crippen LogP contribution in [0, 0.1) is 5.41 Å². The SMILES string of the molecule is C[C@@H](N[S@](=O)C(C)(C)C)c1cc(C=N)c(NCCF)cn1. The van der Waals surface area contributed by atoms with Crippen molar-refractivity contribution in [3.63, 3.8) is 0 Å². The molecule has 7 heteroatoms. The molecule has 2 atom stereocenters. The Labute approximate surface area is 127 Å². The van der Waals surface area contributed by atoms with Gasteiger partial charge in [0.05, 0.1) is 39.4 Å².